The van der Waals surface area contributed by atoms with Gasteiger partial charge in [0.25, 0.3) is 11.8 Å². The van der Waals surface area contributed by atoms with Crippen molar-refractivity contribution < 1.29 is 32.6 Å². The number of amides is 2. The predicted octanol–water partition coefficient (Wildman–Crippen LogP) is 3.30. The van der Waals surface area contributed by atoms with E-state index >= 15 is 0 Å². The van der Waals surface area contributed by atoms with Crippen molar-refractivity contribution in [2.24, 2.45) is 0 Å². The highest BCUT2D eigenvalue weighted by atomic mass is 35.5. The average molecular weight is 433 g/mol. The fourth-order valence-corrected chi connectivity index (χ4v) is 2.82. The van der Waals surface area contributed by atoms with Crippen molar-refractivity contribution >= 4 is 46.4 Å². The van der Waals surface area contributed by atoms with Gasteiger partial charge in [-0.3, -0.25) is 9.59 Å². The third-order valence-electron chi connectivity index (χ3n) is 3.22. The van der Waals surface area contributed by atoms with E-state index in [0.717, 1.165) is 6.07 Å². The standard InChI is InChI=1S/C17H15ClF2N2O5S/c1-9(21-15(24)13-3-2-6-28-13)16(25)26-8-14(23)22-10-4-5-12(11(18)7-10)27-17(19)20/h2-7,9,17H,8H2,1H3,(H,21,24)(H,22,23). The summed E-state index contributed by atoms with van der Waals surface area (Å²) in [6.07, 6.45) is 0. The van der Waals surface area contributed by atoms with Crippen molar-refractivity contribution in [1.82, 2.24) is 5.32 Å². The third-order valence-corrected chi connectivity index (χ3v) is 4.39. The van der Waals surface area contributed by atoms with Crippen LogP contribution in [0.2, 0.25) is 5.02 Å². The van der Waals surface area contributed by atoms with Crippen LogP contribution in [0.4, 0.5) is 14.5 Å². The molecule has 1 aromatic carbocycles. The minimum Gasteiger partial charge on any atom is -0.454 e. The molecule has 0 saturated heterocycles. The Morgan fingerprint density at radius 1 is 1.25 bits per heavy atom. The lowest BCUT2D eigenvalue weighted by Crippen LogP contribution is -2.40. The highest BCUT2D eigenvalue weighted by Crippen LogP contribution is 2.28. The molecule has 0 aliphatic rings. The number of ether oxygens (including phenoxy) is 2. The van der Waals surface area contributed by atoms with E-state index < -0.39 is 37.0 Å². The van der Waals surface area contributed by atoms with Gasteiger partial charge in [-0.05, 0) is 36.6 Å². The number of hydrogen-bond donors (Lipinski definition) is 2. The zero-order valence-corrected chi connectivity index (χ0v) is 16.0. The molecule has 0 fully saturated rings. The maximum absolute atomic E-state index is 12.2. The van der Waals surface area contributed by atoms with Gasteiger partial charge in [0, 0.05) is 5.69 Å². The molecule has 1 heterocycles. The number of nitrogens with one attached hydrogen (secondary N) is 2. The average Bonchev–Trinajstić information content (AvgIpc) is 3.16. The minimum absolute atomic E-state index is 0.125. The van der Waals surface area contributed by atoms with Crippen molar-refractivity contribution in [1.29, 1.82) is 0 Å². The summed E-state index contributed by atoms with van der Waals surface area (Å²) in [5.74, 6) is -2.14. The maximum atomic E-state index is 12.2. The molecule has 11 heteroatoms. The molecule has 1 atom stereocenters. The molecule has 150 valence electrons. The molecule has 0 bridgehead atoms. The first-order valence-corrected chi connectivity index (χ1v) is 9.07. The van der Waals surface area contributed by atoms with Gasteiger partial charge in [0.2, 0.25) is 0 Å². The van der Waals surface area contributed by atoms with Crippen LogP contribution in [0.5, 0.6) is 5.75 Å². The number of esters is 1. The summed E-state index contributed by atoms with van der Waals surface area (Å²) < 4.78 is 33.4. The second-order valence-electron chi connectivity index (χ2n) is 5.35. The summed E-state index contributed by atoms with van der Waals surface area (Å²) in [7, 11) is 0. The second-order valence-corrected chi connectivity index (χ2v) is 6.71. The molecule has 0 spiro atoms. The van der Waals surface area contributed by atoms with Crippen molar-refractivity contribution in [2.75, 3.05) is 11.9 Å². The van der Waals surface area contributed by atoms with Crippen LogP contribution in [0.25, 0.3) is 0 Å². The zero-order chi connectivity index (χ0) is 20.7. The van der Waals surface area contributed by atoms with Crippen LogP contribution in [-0.2, 0) is 14.3 Å². The number of hydrogen-bond acceptors (Lipinski definition) is 6. The third kappa shape index (κ3) is 6.46. The van der Waals surface area contributed by atoms with Crippen LogP contribution in [0.1, 0.15) is 16.6 Å². The fourth-order valence-electron chi connectivity index (χ4n) is 1.96. The second kappa shape index (κ2) is 10.00. The Bertz CT molecular complexity index is 848. The predicted molar refractivity (Wildman–Crippen MR) is 98.9 cm³/mol. The summed E-state index contributed by atoms with van der Waals surface area (Å²) in [5, 5.41) is 6.45. The van der Waals surface area contributed by atoms with Crippen molar-refractivity contribution in [3.63, 3.8) is 0 Å². The van der Waals surface area contributed by atoms with E-state index in [2.05, 4.69) is 15.4 Å². The zero-order valence-electron chi connectivity index (χ0n) is 14.4. The summed E-state index contributed by atoms with van der Waals surface area (Å²) in [5.41, 5.74) is 0.201. The van der Waals surface area contributed by atoms with Gasteiger partial charge in [-0.25, -0.2) is 4.79 Å². The van der Waals surface area contributed by atoms with Crippen molar-refractivity contribution in [2.45, 2.75) is 19.6 Å². The summed E-state index contributed by atoms with van der Waals surface area (Å²) >= 11 is 7.00. The van der Waals surface area contributed by atoms with Crippen LogP contribution < -0.4 is 15.4 Å². The normalized spacial score (nSPS) is 11.6. The van der Waals surface area contributed by atoms with E-state index in [-0.39, 0.29) is 16.5 Å². The molecule has 2 amide bonds. The molecule has 0 saturated carbocycles. The topological polar surface area (TPSA) is 93.7 Å². The van der Waals surface area contributed by atoms with E-state index in [0.29, 0.717) is 4.88 Å². The smallest absolute Gasteiger partial charge is 0.387 e. The molecule has 0 aliphatic heterocycles. The van der Waals surface area contributed by atoms with Gasteiger partial charge >= 0.3 is 12.6 Å². The Balaban J connectivity index is 1.80. The van der Waals surface area contributed by atoms with Crippen LogP contribution in [-0.4, -0.2) is 37.0 Å². The molecule has 1 unspecified atom stereocenters. The Kier molecular flexibility index (Phi) is 7.70. The quantitative estimate of drug-likeness (QED) is 0.624. The highest BCUT2D eigenvalue weighted by Gasteiger charge is 2.19. The SMILES string of the molecule is CC(NC(=O)c1cccs1)C(=O)OCC(=O)Nc1ccc(OC(F)F)c(Cl)c1. The molecular formula is C17H15ClF2N2O5S. The maximum Gasteiger partial charge on any atom is 0.387 e. The number of rotatable bonds is 8. The molecule has 1 aromatic heterocycles. The van der Waals surface area contributed by atoms with Crippen LogP contribution in [0.3, 0.4) is 0 Å². The van der Waals surface area contributed by atoms with E-state index in [9.17, 15) is 23.2 Å². The summed E-state index contributed by atoms with van der Waals surface area (Å²) in [6, 6.07) is 6.02. The molecular weight excluding hydrogens is 418 g/mol. The molecule has 2 rings (SSSR count). The monoisotopic (exact) mass is 432 g/mol. The fraction of sp³-hybridized carbons (Fsp3) is 0.235. The number of alkyl halides is 2. The first kappa shape index (κ1) is 21.6. The Morgan fingerprint density at radius 2 is 2.00 bits per heavy atom. The lowest BCUT2D eigenvalue weighted by atomic mass is 10.3. The van der Waals surface area contributed by atoms with E-state index in [1.807, 2.05) is 0 Å². The molecule has 0 radical (unpaired) electrons. The Hall–Kier alpha value is -2.72. The molecule has 2 aromatic rings. The van der Waals surface area contributed by atoms with Crippen LogP contribution >= 0.6 is 22.9 Å². The Morgan fingerprint density at radius 3 is 2.61 bits per heavy atom. The molecule has 7 nitrogen and oxygen atoms in total. The van der Waals surface area contributed by atoms with Gasteiger partial charge in [-0.1, -0.05) is 17.7 Å². The highest BCUT2D eigenvalue weighted by molar-refractivity contribution is 7.12. The van der Waals surface area contributed by atoms with Crippen LogP contribution in [0.15, 0.2) is 35.7 Å². The minimum atomic E-state index is -3.03. The number of anilines is 1. The van der Waals surface area contributed by atoms with Gasteiger partial charge < -0.3 is 20.1 Å². The Labute approximate surface area is 167 Å². The first-order valence-electron chi connectivity index (χ1n) is 7.81. The van der Waals surface area contributed by atoms with E-state index in [4.69, 9.17) is 16.3 Å². The first-order chi connectivity index (χ1) is 13.3. The lowest BCUT2D eigenvalue weighted by Gasteiger charge is -2.13. The summed E-state index contributed by atoms with van der Waals surface area (Å²) in [6.45, 7) is -2.21. The van der Waals surface area contributed by atoms with E-state index in [1.165, 1.54) is 30.4 Å². The van der Waals surface area contributed by atoms with Gasteiger partial charge in [0.1, 0.15) is 11.8 Å². The number of halogens is 3. The number of carbonyl (C=O) groups is 3. The van der Waals surface area contributed by atoms with Gasteiger partial charge in [0.15, 0.2) is 6.61 Å². The van der Waals surface area contributed by atoms with Crippen molar-refractivity contribution in [3.8, 4) is 5.75 Å². The summed E-state index contributed by atoms with van der Waals surface area (Å²) in [4.78, 5) is 36.0. The lowest BCUT2D eigenvalue weighted by molar-refractivity contribution is -0.148. The van der Waals surface area contributed by atoms with E-state index in [1.54, 1.807) is 17.5 Å². The van der Waals surface area contributed by atoms with Gasteiger partial charge in [0.05, 0.1) is 9.90 Å². The molecule has 28 heavy (non-hydrogen) atoms. The number of thiophene rings is 1. The molecule has 2 N–H and O–H groups in total. The largest absolute Gasteiger partial charge is 0.454 e. The van der Waals surface area contributed by atoms with Gasteiger partial charge in [-0.15, -0.1) is 11.3 Å². The number of carbonyl (C=O) groups excluding carboxylic acids is 3. The molecule has 0 aliphatic carbocycles. The van der Waals surface area contributed by atoms with Gasteiger partial charge in [-0.2, -0.15) is 8.78 Å². The van der Waals surface area contributed by atoms with Crippen LogP contribution in [0, 0.1) is 0 Å². The van der Waals surface area contributed by atoms with Crippen molar-refractivity contribution in [3.05, 3.63) is 45.6 Å². The number of benzene rings is 1.